The molecule has 0 saturated heterocycles. The standard InChI is InChI=1S/C52H42N6/c1-35(42-22-9-12-25-47(42)53)28-30-43-36(2)57(48-26-13-10-23-44(43)48)41-21-15-16-37(32-41)34-55-52(38-17-5-3-6-18-38)56-51(54)39-29-31-46-45-24-11-14-27-49(45)58(50(46)33-39)40-19-7-4-8-20-40/h3-33H,1,34,53H2,2H3,(H2,54,55,56)/b30-28-. The van der Waals surface area contributed by atoms with Gasteiger partial charge in [-0.05, 0) is 66.6 Å². The van der Waals surface area contributed by atoms with Crippen LogP contribution in [0.4, 0.5) is 5.69 Å². The van der Waals surface area contributed by atoms with Gasteiger partial charge >= 0.3 is 0 Å². The van der Waals surface area contributed by atoms with Crippen LogP contribution in [0.2, 0.25) is 0 Å². The first-order valence-electron chi connectivity index (χ1n) is 19.4. The number of amidine groups is 2. The molecule has 0 bridgehead atoms. The highest BCUT2D eigenvalue weighted by molar-refractivity contribution is 6.14. The second-order valence-electron chi connectivity index (χ2n) is 14.4. The Balaban J connectivity index is 1.07. The minimum absolute atomic E-state index is 0.399. The Labute approximate surface area is 338 Å². The lowest BCUT2D eigenvalue weighted by Gasteiger charge is -2.11. The van der Waals surface area contributed by atoms with Gasteiger partial charge in [0.2, 0.25) is 0 Å². The first-order valence-corrected chi connectivity index (χ1v) is 19.4. The normalized spacial score (nSPS) is 12.3. The number of hydrogen-bond acceptors (Lipinski definition) is 2. The van der Waals surface area contributed by atoms with Gasteiger partial charge in [0.05, 0.1) is 23.1 Å². The molecule has 0 aliphatic carbocycles. The van der Waals surface area contributed by atoms with E-state index in [1.807, 2.05) is 66.7 Å². The molecule has 0 amide bonds. The molecular formula is C52H42N6. The number of aromatic nitrogens is 2. The minimum Gasteiger partial charge on any atom is -0.398 e. The third-order valence-corrected chi connectivity index (χ3v) is 10.7. The quantitative estimate of drug-likeness (QED) is 0.0666. The second-order valence-corrected chi connectivity index (χ2v) is 14.4. The number of hydrogen-bond donors (Lipinski definition) is 2. The van der Waals surface area contributed by atoms with Crippen molar-refractivity contribution in [3.8, 4) is 11.4 Å². The van der Waals surface area contributed by atoms with Crippen LogP contribution in [0, 0.1) is 6.92 Å². The van der Waals surface area contributed by atoms with Crippen LogP contribution < -0.4 is 11.5 Å². The van der Waals surface area contributed by atoms with Crippen molar-refractivity contribution < 1.29 is 0 Å². The van der Waals surface area contributed by atoms with Crippen LogP contribution in [0.1, 0.15) is 33.5 Å². The van der Waals surface area contributed by atoms with Gasteiger partial charge in [0.25, 0.3) is 0 Å². The molecule has 0 unspecified atom stereocenters. The van der Waals surface area contributed by atoms with Crippen molar-refractivity contribution in [2.24, 2.45) is 15.7 Å². The molecule has 0 saturated carbocycles. The number of nitrogen functional groups attached to an aromatic ring is 1. The molecule has 0 atom stereocenters. The van der Waals surface area contributed by atoms with E-state index in [4.69, 9.17) is 21.5 Å². The van der Waals surface area contributed by atoms with Crippen LogP contribution in [0.25, 0.3) is 55.7 Å². The lowest BCUT2D eigenvalue weighted by Crippen LogP contribution is -2.16. The molecule has 0 aliphatic heterocycles. The van der Waals surface area contributed by atoms with E-state index in [9.17, 15) is 0 Å². The number of aliphatic imine (C=N–C) groups is 2. The summed E-state index contributed by atoms with van der Waals surface area (Å²) in [6.07, 6.45) is 4.19. The van der Waals surface area contributed by atoms with Crippen molar-refractivity contribution in [1.82, 2.24) is 9.13 Å². The van der Waals surface area contributed by atoms with Gasteiger partial charge in [0.15, 0.2) is 5.84 Å². The summed E-state index contributed by atoms with van der Waals surface area (Å²) in [5.74, 6) is 0.970. The van der Waals surface area contributed by atoms with Gasteiger partial charge in [-0.2, -0.15) is 0 Å². The Bertz CT molecular complexity index is 3070. The lowest BCUT2D eigenvalue weighted by atomic mass is 10.0. The largest absolute Gasteiger partial charge is 0.398 e. The highest BCUT2D eigenvalue weighted by Gasteiger charge is 2.16. The van der Waals surface area contributed by atoms with Crippen molar-refractivity contribution in [2.75, 3.05) is 5.73 Å². The van der Waals surface area contributed by atoms with Crippen LogP contribution in [0.5, 0.6) is 0 Å². The average Bonchev–Trinajstić information content (AvgIpc) is 3.75. The van der Waals surface area contributed by atoms with E-state index in [-0.39, 0.29) is 0 Å². The fraction of sp³-hybridized carbons (Fsp3) is 0.0385. The summed E-state index contributed by atoms with van der Waals surface area (Å²) < 4.78 is 4.59. The van der Waals surface area contributed by atoms with Crippen molar-refractivity contribution >= 4 is 61.7 Å². The number of anilines is 1. The third kappa shape index (κ3) is 6.77. The fourth-order valence-corrected chi connectivity index (χ4v) is 7.90. The second kappa shape index (κ2) is 15.4. The summed E-state index contributed by atoms with van der Waals surface area (Å²) in [5, 5.41) is 3.50. The summed E-state index contributed by atoms with van der Waals surface area (Å²) in [6, 6.07) is 60.1. The molecular weight excluding hydrogens is 709 g/mol. The molecule has 0 radical (unpaired) electrons. The first-order chi connectivity index (χ1) is 28.4. The molecule has 9 rings (SSSR count). The van der Waals surface area contributed by atoms with E-state index < -0.39 is 0 Å². The Kier molecular flexibility index (Phi) is 9.58. The predicted octanol–water partition coefficient (Wildman–Crippen LogP) is 11.7. The molecule has 6 nitrogen and oxygen atoms in total. The number of nitrogens with zero attached hydrogens (tertiary/aromatic N) is 4. The molecule has 9 aromatic rings. The molecule has 0 spiro atoms. The van der Waals surface area contributed by atoms with Gasteiger partial charge in [0.1, 0.15) is 5.84 Å². The SMILES string of the molecule is C=C(/C=C\c1c(C)n(-c2cccc(C/N=C(\N=C(/N)c3ccc4c5ccccc5n(-c5ccccc5)c4c3)c3ccccc3)c2)c2ccccc12)c1ccccc1N. The first kappa shape index (κ1) is 36.0. The smallest absolute Gasteiger partial charge is 0.157 e. The Morgan fingerprint density at radius 3 is 2.02 bits per heavy atom. The molecule has 0 aliphatic rings. The highest BCUT2D eigenvalue weighted by atomic mass is 15.0. The van der Waals surface area contributed by atoms with E-state index >= 15 is 0 Å². The van der Waals surface area contributed by atoms with Crippen LogP contribution in [-0.2, 0) is 6.54 Å². The highest BCUT2D eigenvalue weighted by Crippen LogP contribution is 2.34. The zero-order chi connectivity index (χ0) is 39.6. The van der Waals surface area contributed by atoms with Crippen molar-refractivity contribution in [3.05, 3.63) is 222 Å². The Hall–Kier alpha value is -7.70. The number of nitrogens with two attached hydrogens (primary N) is 2. The number of allylic oxidation sites excluding steroid dienone is 2. The lowest BCUT2D eigenvalue weighted by molar-refractivity contribution is 1.02. The maximum Gasteiger partial charge on any atom is 0.157 e. The van der Waals surface area contributed by atoms with Crippen molar-refractivity contribution in [3.63, 3.8) is 0 Å². The van der Waals surface area contributed by atoms with Crippen LogP contribution >= 0.6 is 0 Å². The maximum absolute atomic E-state index is 6.87. The molecule has 6 heteroatoms. The predicted molar refractivity (Wildman–Crippen MR) is 245 cm³/mol. The van der Waals surface area contributed by atoms with Gasteiger partial charge in [-0.3, -0.25) is 4.99 Å². The van der Waals surface area contributed by atoms with Crippen molar-refractivity contribution in [1.29, 1.82) is 0 Å². The van der Waals surface area contributed by atoms with E-state index in [0.29, 0.717) is 23.9 Å². The van der Waals surface area contributed by atoms with Gasteiger partial charge in [0, 0.05) is 61.2 Å². The summed E-state index contributed by atoms with van der Waals surface area (Å²) in [7, 11) is 0. The Morgan fingerprint density at radius 1 is 0.603 bits per heavy atom. The van der Waals surface area contributed by atoms with Crippen molar-refractivity contribution in [2.45, 2.75) is 13.5 Å². The molecule has 2 aromatic heterocycles. The number of benzene rings is 7. The van der Waals surface area contributed by atoms with Crippen LogP contribution in [-0.4, -0.2) is 20.8 Å². The zero-order valence-corrected chi connectivity index (χ0v) is 32.3. The summed E-state index contributed by atoms with van der Waals surface area (Å²) >= 11 is 0. The minimum atomic E-state index is 0.399. The maximum atomic E-state index is 6.87. The molecule has 2 heterocycles. The van der Waals surface area contributed by atoms with E-state index in [1.165, 1.54) is 5.39 Å². The van der Waals surface area contributed by atoms with E-state index in [1.54, 1.807) is 0 Å². The molecule has 58 heavy (non-hydrogen) atoms. The number of rotatable bonds is 9. The Morgan fingerprint density at radius 2 is 1.24 bits per heavy atom. The molecule has 7 aromatic carbocycles. The number of fused-ring (bicyclic) bond motifs is 4. The van der Waals surface area contributed by atoms with E-state index in [0.717, 1.165) is 77.8 Å². The summed E-state index contributed by atoms with van der Waals surface area (Å²) in [4.78, 5) is 10.1. The monoisotopic (exact) mass is 750 g/mol. The average molecular weight is 751 g/mol. The van der Waals surface area contributed by atoms with Gasteiger partial charge < -0.3 is 20.6 Å². The van der Waals surface area contributed by atoms with Gasteiger partial charge in [-0.1, -0.05) is 146 Å². The van der Waals surface area contributed by atoms with Crippen LogP contribution in [0.15, 0.2) is 199 Å². The molecule has 0 fully saturated rings. The number of para-hydroxylation sites is 4. The molecule has 280 valence electrons. The van der Waals surface area contributed by atoms with E-state index in [2.05, 4.69) is 144 Å². The fourth-order valence-electron chi connectivity index (χ4n) is 7.90. The van der Waals surface area contributed by atoms with Crippen LogP contribution in [0.3, 0.4) is 0 Å². The third-order valence-electron chi connectivity index (χ3n) is 10.7. The van der Waals surface area contributed by atoms with Gasteiger partial charge in [-0.15, -0.1) is 0 Å². The zero-order valence-electron chi connectivity index (χ0n) is 32.3. The summed E-state index contributed by atoms with van der Waals surface area (Å²) in [6.45, 7) is 6.88. The van der Waals surface area contributed by atoms with Gasteiger partial charge in [-0.25, -0.2) is 4.99 Å². The topological polar surface area (TPSA) is 86.6 Å². The summed E-state index contributed by atoms with van der Waals surface area (Å²) in [5.41, 5.74) is 26.1. The molecule has 4 N–H and O–H groups in total.